The van der Waals surface area contributed by atoms with E-state index in [0.717, 1.165) is 16.7 Å². The molecule has 2 aromatic heterocycles. The molecule has 3 aromatic rings. The Hall–Kier alpha value is -3.10. The molecule has 0 spiro atoms. The summed E-state index contributed by atoms with van der Waals surface area (Å²) in [6, 6.07) is 7.63. The summed E-state index contributed by atoms with van der Waals surface area (Å²) in [5.41, 5.74) is -1.03. The van der Waals surface area contributed by atoms with Crippen LogP contribution in [0.15, 0.2) is 51.8 Å². The normalized spacial score (nSPS) is 11.6. The van der Waals surface area contributed by atoms with Gasteiger partial charge in [0.15, 0.2) is 11.2 Å². The fraction of sp³-hybridized carbons (Fsp3) is 0.133. The molecule has 0 aliphatic rings. The van der Waals surface area contributed by atoms with Crippen molar-refractivity contribution in [1.82, 2.24) is 9.55 Å². The molecule has 1 amide bonds. The number of halogens is 3. The van der Waals surface area contributed by atoms with E-state index in [1.54, 1.807) is 6.07 Å². The number of aromatic nitrogens is 2. The Morgan fingerprint density at radius 2 is 1.96 bits per heavy atom. The summed E-state index contributed by atoms with van der Waals surface area (Å²) in [5.74, 6) is -1.62. The van der Waals surface area contributed by atoms with E-state index in [-0.39, 0.29) is 16.9 Å². The maximum atomic E-state index is 12.9. The van der Waals surface area contributed by atoms with Gasteiger partial charge in [0.1, 0.15) is 6.54 Å². The van der Waals surface area contributed by atoms with E-state index in [2.05, 4.69) is 10.3 Å². The topological polar surface area (TPSA) is 77.1 Å². The first-order valence-corrected chi connectivity index (χ1v) is 6.76. The molecule has 0 unspecified atom stereocenters. The number of carbonyl (C=O) groups excluding carboxylic acids is 1. The monoisotopic (exact) mass is 337 g/mol. The highest BCUT2D eigenvalue weighted by atomic mass is 19.4. The number of rotatable bonds is 3. The number of pyridine rings is 1. The molecule has 2 heterocycles. The Balaban J connectivity index is 1.87. The van der Waals surface area contributed by atoms with Gasteiger partial charge in [-0.1, -0.05) is 12.1 Å². The van der Waals surface area contributed by atoms with Crippen molar-refractivity contribution in [2.45, 2.75) is 12.7 Å². The second kappa shape index (κ2) is 5.84. The Bertz CT molecular complexity index is 959. The molecule has 3 rings (SSSR count). The van der Waals surface area contributed by atoms with Gasteiger partial charge in [-0.15, -0.1) is 0 Å². The molecule has 0 aliphatic carbocycles. The highest BCUT2D eigenvalue weighted by Crippen LogP contribution is 2.34. The lowest BCUT2D eigenvalue weighted by atomic mass is 10.1. The van der Waals surface area contributed by atoms with E-state index in [4.69, 9.17) is 4.42 Å². The number of fused-ring (bicyclic) bond motifs is 1. The summed E-state index contributed by atoms with van der Waals surface area (Å²) in [7, 11) is 0. The number of benzene rings is 1. The molecule has 0 radical (unpaired) electrons. The average Bonchev–Trinajstić information content (AvgIpc) is 2.83. The number of amides is 1. The van der Waals surface area contributed by atoms with Gasteiger partial charge in [-0.25, -0.2) is 14.3 Å². The van der Waals surface area contributed by atoms with Crippen LogP contribution in [-0.4, -0.2) is 15.5 Å². The first-order chi connectivity index (χ1) is 11.4. The Morgan fingerprint density at radius 3 is 2.71 bits per heavy atom. The van der Waals surface area contributed by atoms with Crippen LogP contribution in [-0.2, 0) is 17.5 Å². The standard InChI is InChI=1S/C15H10F3N3O3/c16-15(17,18)9-4-1-2-5-10(9)20-12(22)8-21-13-11(24-14(21)23)6-3-7-19-13/h1-7H,8H2,(H,20,22). The predicted molar refractivity (Wildman–Crippen MR) is 78.3 cm³/mol. The zero-order chi connectivity index (χ0) is 17.3. The number of hydrogen-bond acceptors (Lipinski definition) is 4. The van der Waals surface area contributed by atoms with Crippen LogP contribution in [0.3, 0.4) is 0 Å². The molecular weight excluding hydrogens is 327 g/mol. The van der Waals surface area contributed by atoms with Gasteiger partial charge in [0.25, 0.3) is 0 Å². The predicted octanol–water partition coefficient (Wildman–Crippen LogP) is 2.65. The van der Waals surface area contributed by atoms with E-state index < -0.39 is 29.9 Å². The lowest BCUT2D eigenvalue weighted by molar-refractivity contribution is -0.137. The second-order valence-electron chi connectivity index (χ2n) is 4.87. The number of alkyl halides is 3. The van der Waals surface area contributed by atoms with Crippen molar-refractivity contribution in [1.29, 1.82) is 0 Å². The van der Waals surface area contributed by atoms with Crippen LogP contribution in [0.1, 0.15) is 5.56 Å². The van der Waals surface area contributed by atoms with Gasteiger partial charge in [-0.3, -0.25) is 4.79 Å². The zero-order valence-electron chi connectivity index (χ0n) is 12.0. The number of anilines is 1. The summed E-state index contributed by atoms with van der Waals surface area (Å²) in [4.78, 5) is 27.7. The van der Waals surface area contributed by atoms with E-state index in [9.17, 15) is 22.8 Å². The minimum atomic E-state index is -4.61. The van der Waals surface area contributed by atoms with Crippen molar-refractivity contribution < 1.29 is 22.4 Å². The molecule has 124 valence electrons. The van der Waals surface area contributed by atoms with Gasteiger partial charge < -0.3 is 9.73 Å². The van der Waals surface area contributed by atoms with Gasteiger partial charge in [0.05, 0.1) is 11.3 Å². The molecule has 0 fully saturated rings. The van der Waals surface area contributed by atoms with Crippen molar-refractivity contribution in [2.24, 2.45) is 0 Å². The molecule has 1 N–H and O–H groups in total. The van der Waals surface area contributed by atoms with E-state index >= 15 is 0 Å². The molecule has 9 heteroatoms. The van der Waals surface area contributed by atoms with Gasteiger partial charge in [-0.2, -0.15) is 13.2 Å². The van der Waals surface area contributed by atoms with Crippen LogP contribution < -0.4 is 11.1 Å². The Kier molecular flexibility index (Phi) is 3.84. The summed E-state index contributed by atoms with van der Waals surface area (Å²) in [5, 5.41) is 2.16. The molecule has 0 bridgehead atoms. The quantitative estimate of drug-likeness (QED) is 0.797. The van der Waals surface area contributed by atoms with Crippen molar-refractivity contribution >= 4 is 22.8 Å². The van der Waals surface area contributed by atoms with E-state index in [0.29, 0.717) is 0 Å². The van der Waals surface area contributed by atoms with Crippen molar-refractivity contribution in [2.75, 3.05) is 5.32 Å². The number of hydrogen-bond donors (Lipinski definition) is 1. The smallest absolute Gasteiger partial charge is 0.406 e. The molecule has 24 heavy (non-hydrogen) atoms. The SMILES string of the molecule is O=C(Cn1c(=O)oc2cccnc21)Nc1ccccc1C(F)(F)F. The third-order valence-electron chi connectivity index (χ3n) is 3.23. The molecule has 1 aromatic carbocycles. The van der Waals surface area contributed by atoms with Gasteiger partial charge in [0.2, 0.25) is 5.91 Å². The van der Waals surface area contributed by atoms with E-state index in [1.807, 2.05) is 0 Å². The summed E-state index contributed by atoms with van der Waals surface area (Å²) in [6.07, 6.45) is -3.20. The van der Waals surface area contributed by atoms with Crippen LogP contribution in [0.2, 0.25) is 0 Å². The van der Waals surface area contributed by atoms with Crippen LogP contribution in [0.5, 0.6) is 0 Å². The zero-order valence-corrected chi connectivity index (χ0v) is 12.0. The summed E-state index contributed by atoms with van der Waals surface area (Å²) >= 11 is 0. The molecular formula is C15H10F3N3O3. The minimum absolute atomic E-state index is 0.141. The molecule has 0 atom stereocenters. The fourth-order valence-corrected chi connectivity index (χ4v) is 2.21. The minimum Gasteiger partial charge on any atom is -0.406 e. The van der Waals surface area contributed by atoms with Gasteiger partial charge in [-0.05, 0) is 24.3 Å². The summed E-state index contributed by atoms with van der Waals surface area (Å²) < 4.78 is 44.6. The van der Waals surface area contributed by atoms with Crippen LogP contribution in [0.4, 0.5) is 18.9 Å². The highest BCUT2D eigenvalue weighted by molar-refractivity contribution is 5.92. The second-order valence-corrected chi connectivity index (χ2v) is 4.87. The van der Waals surface area contributed by atoms with Crippen LogP contribution in [0, 0.1) is 0 Å². The maximum Gasteiger partial charge on any atom is 0.421 e. The van der Waals surface area contributed by atoms with Crippen LogP contribution in [0.25, 0.3) is 11.2 Å². The molecule has 0 saturated heterocycles. The maximum absolute atomic E-state index is 12.9. The summed E-state index contributed by atoms with van der Waals surface area (Å²) in [6.45, 7) is -0.519. The number of nitrogens with zero attached hydrogens (tertiary/aromatic N) is 2. The largest absolute Gasteiger partial charge is 0.421 e. The van der Waals surface area contributed by atoms with Crippen molar-refractivity contribution in [3.05, 3.63) is 58.7 Å². The number of para-hydroxylation sites is 1. The van der Waals surface area contributed by atoms with Gasteiger partial charge in [0, 0.05) is 6.20 Å². The van der Waals surface area contributed by atoms with E-state index in [1.165, 1.54) is 24.4 Å². The number of nitrogens with one attached hydrogen (secondary N) is 1. The van der Waals surface area contributed by atoms with Crippen molar-refractivity contribution in [3.8, 4) is 0 Å². The molecule has 6 nitrogen and oxygen atoms in total. The molecule has 0 saturated carbocycles. The number of carbonyl (C=O) groups is 1. The Morgan fingerprint density at radius 1 is 1.21 bits per heavy atom. The fourth-order valence-electron chi connectivity index (χ4n) is 2.21. The molecule has 0 aliphatic heterocycles. The van der Waals surface area contributed by atoms with Gasteiger partial charge >= 0.3 is 11.9 Å². The average molecular weight is 337 g/mol. The number of oxazole rings is 1. The third kappa shape index (κ3) is 3.00. The highest BCUT2D eigenvalue weighted by Gasteiger charge is 2.33. The third-order valence-corrected chi connectivity index (χ3v) is 3.23. The lowest BCUT2D eigenvalue weighted by Crippen LogP contribution is -2.26. The lowest BCUT2D eigenvalue weighted by Gasteiger charge is -2.13. The first kappa shape index (κ1) is 15.8. The Labute approximate surface area is 132 Å². The van der Waals surface area contributed by atoms with Crippen LogP contribution >= 0.6 is 0 Å². The first-order valence-electron chi connectivity index (χ1n) is 6.76. The van der Waals surface area contributed by atoms with Crippen molar-refractivity contribution in [3.63, 3.8) is 0 Å².